The number of hydrogen-bond donors (Lipinski definition) is 4. The second kappa shape index (κ2) is 32.6. The van der Waals surface area contributed by atoms with Gasteiger partial charge in [0.1, 0.15) is 38.7 Å². The Morgan fingerprint density at radius 2 is 0.927 bits per heavy atom. The summed E-state index contributed by atoms with van der Waals surface area (Å²) in [7, 11) is 0. The molecular formula is C92H104N24O7S. The van der Waals surface area contributed by atoms with E-state index in [9.17, 15) is 29.2 Å². The van der Waals surface area contributed by atoms with E-state index in [1.807, 2.05) is 187 Å². The average Bonchev–Trinajstić information content (AvgIpc) is 1.46. The molecule has 0 spiro atoms. The Kier molecular flexibility index (Phi) is 22.6. The number of fused-ring (bicyclic) bond motifs is 6. The Bertz CT molecular complexity index is 6560. The third-order valence-corrected chi connectivity index (χ3v) is 24.4. The molecule has 12 aromatic rings. The zero-order valence-corrected chi connectivity index (χ0v) is 73.8. The minimum Gasteiger partial charge on any atom is -0.444 e. The minimum absolute atomic E-state index is 0.0610. The predicted octanol–water partition coefficient (Wildman–Crippen LogP) is 15.3. The molecule has 3 fully saturated rings. The van der Waals surface area contributed by atoms with Crippen molar-refractivity contribution >= 4 is 86.0 Å². The summed E-state index contributed by atoms with van der Waals surface area (Å²) in [5.41, 5.74) is 15.0. The molecule has 640 valence electrons. The molecule has 12 heterocycles. The molecule has 9 aromatic heterocycles. The van der Waals surface area contributed by atoms with Gasteiger partial charge in [-0.1, -0.05) is 48.2 Å². The van der Waals surface area contributed by atoms with Crippen LogP contribution in [0.15, 0.2) is 147 Å². The van der Waals surface area contributed by atoms with Crippen molar-refractivity contribution in [2.45, 2.75) is 231 Å². The zero-order valence-electron chi connectivity index (χ0n) is 73.0. The number of benzene rings is 3. The number of nitrogens with one attached hydrogen (secondary N) is 3. The lowest BCUT2D eigenvalue weighted by Crippen LogP contribution is -2.51. The molecule has 3 saturated carbocycles. The van der Waals surface area contributed by atoms with Crippen LogP contribution in [0.4, 0.5) is 38.5 Å². The Hall–Kier alpha value is -13.1. The quantitative estimate of drug-likeness (QED) is 0.0340. The topological polar surface area (TPSA) is 350 Å². The number of nitriles is 1. The third-order valence-electron chi connectivity index (χ3n) is 23.8. The fraction of sp³-hybridized carbons (Fsp3) is 0.424. The molecule has 18 rings (SSSR count). The Balaban J connectivity index is 0.000000133. The van der Waals surface area contributed by atoms with Gasteiger partial charge in [-0.15, -0.1) is 0 Å². The smallest absolute Gasteiger partial charge is 0.411 e. The minimum atomic E-state index is -0.568. The number of thioether (sulfide) groups is 1. The monoisotopic (exact) mass is 1690 g/mol. The summed E-state index contributed by atoms with van der Waals surface area (Å²) in [6.07, 6.45) is 13.3. The molecule has 0 saturated heterocycles. The molecule has 0 bridgehead atoms. The predicted molar refractivity (Wildman–Crippen MR) is 477 cm³/mol. The second-order valence-corrected chi connectivity index (χ2v) is 36.4. The van der Waals surface area contributed by atoms with Crippen molar-refractivity contribution < 1.29 is 19.1 Å². The van der Waals surface area contributed by atoms with Crippen molar-refractivity contribution in [1.29, 1.82) is 5.26 Å². The van der Waals surface area contributed by atoms with Gasteiger partial charge in [0, 0.05) is 99.6 Å². The van der Waals surface area contributed by atoms with Gasteiger partial charge in [-0.25, -0.2) is 85.7 Å². The maximum atomic E-state index is 13.3. The van der Waals surface area contributed by atoms with E-state index in [4.69, 9.17) is 48.3 Å². The highest BCUT2D eigenvalue weighted by molar-refractivity contribution is 7.98. The van der Waals surface area contributed by atoms with Gasteiger partial charge in [0.25, 0.3) is 27.8 Å². The first kappa shape index (κ1) is 85.8. The molecular weight excluding hydrogens is 1590 g/mol. The molecule has 124 heavy (non-hydrogen) atoms. The summed E-state index contributed by atoms with van der Waals surface area (Å²) in [4.78, 5) is 117. The summed E-state index contributed by atoms with van der Waals surface area (Å²) in [6, 6.07) is 37.4. The molecule has 6 aliphatic rings. The van der Waals surface area contributed by atoms with E-state index in [1.165, 1.54) is 28.5 Å². The number of nitrogen functional groups attached to an aromatic ring is 1. The van der Waals surface area contributed by atoms with Crippen LogP contribution >= 0.6 is 11.8 Å². The van der Waals surface area contributed by atoms with Crippen LogP contribution in [0.25, 0.3) is 60.2 Å². The number of nitrogens with two attached hydrogens (primary N) is 1. The van der Waals surface area contributed by atoms with Crippen molar-refractivity contribution in [1.82, 2.24) is 88.1 Å². The molecule has 32 heteroatoms. The summed E-state index contributed by atoms with van der Waals surface area (Å²) >= 11 is 1.42. The van der Waals surface area contributed by atoms with Crippen LogP contribution in [-0.4, -0.2) is 132 Å². The van der Waals surface area contributed by atoms with Gasteiger partial charge < -0.3 is 40.8 Å². The highest BCUT2D eigenvalue weighted by atomic mass is 32.2. The van der Waals surface area contributed by atoms with Crippen molar-refractivity contribution in [3.63, 3.8) is 0 Å². The van der Waals surface area contributed by atoms with Crippen molar-refractivity contribution in [2.75, 3.05) is 42.3 Å². The maximum absolute atomic E-state index is 13.3. The molecule has 3 aliphatic heterocycles. The molecule has 0 radical (unpaired) electrons. The number of amides is 2. The Morgan fingerprint density at radius 3 is 1.33 bits per heavy atom. The number of carbonyl (C=O) groups is 2. The first-order valence-corrected chi connectivity index (χ1v) is 43.3. The zero-order chi connectivity index (χ0) is 88.5. The fourth-order valence-electron chi connectivity index (χ4n) is 16.7. The van der Waals surface area contributed by atoms with Gasteiger partial charge in [0.2, 0.25) is 11.9 Å². The highest BCUT2D eigenvalue weighted by Gasteiger charge is 2.55. The Morgan fingerprint density at radius 1 is 0.532 bits per heavy atom. The molecule has 2 amide bonds. The average molecular weight is 1690 g/mol. The first-order chi connectivity index (χ1) is 59.0. The SMILES string of the molecule is CC(C)(C)OC(=O)N1CCc2cc(N)ccc2C1(C)C.CCn1c(=O)c2cnc(SC)nc2n1-c1cccc(C2(C#N)CC2)n1.[C-]#[N+]C1(c2cccc(-n3c4nc(Nc5ccc6c(c5)CCN(C(=O)OC(C)(C)C)C6(C)C)ncc4c(=O)n3CC)n2)CC1.[C-]#[N+]C1(c2cccc(-n3c4nc(Nc5ccc6c(c5)CCNC6(C)C)ncc4c(=O)n3CC)n2)CC1. The molecule has 3 aromatic carbocycles. The van der Waals surface area contributed by atoms with Crippen LogP contribution in [0.3, 0.4) is 0 Å². The standard InChI is InChI=1S/C32H36N8O3.C27H28N8O.C17H16N6OS.C16H24N2O2/c1-8-39-27(41)22-19-34-28(37-26(22)40(39)25-11-9-10-24(36-25)32(33-7)15-16-32)35-21-12-13-23-20(18-21)14-17-38(31(23,5)6)29(42)43-30(2,3)4;1-5-34-24(36)19-16-29-25(31-18-9-10-20-17(15-18)11-14-30-26(20,2)3)33-23(19)35(34)22-8-6-7-21(32-22)27(28-4)12-13-27;1-3-22-15(24)11-9-19-16(25-2)21-14(11)23(22)13-6-4-5-12(20-13)17(10-18)7-8-17;1-15(2,3)20-14(19)18-9-8-11-10-12(17)6-7-13(11)16(18,4)5/h9-13,18-19H,8,14-17H2,1-6H3,(H,34,35,37);6-10,15-16,30H,5,11-14H2,1-3H3,(H,29,31,33);4-6,9H,3,7-8H2,1-2H3;6-7,10H,8-9,17H2,1-5H3. The number of aromatic nitrogens is 15. The van der Waals surface area contributed by atoms with Gasteiger partial charge in [-0.2, -0.15) is 15.2 Å². The Labute approximate surface area is 723 Å². The van der Waals surface area contributed by atoms with Crippen LogP contribution < -0.4 is 38.4 Å². The number of hydrogen-bond acceptors (Lipinski definition) is 22. The van der Waals surface area contributed by atoms with E-state index in [0.717, 1.165) is 103 Å². The second-order valence-electron chi connectivity index (χ2n) is 35.7. The van der Waals surface area contributed by atoms with E-state index in [2.05, 4.69) is 88.7 Å². The van der Waals surface area contributed by atoms with Gasteiger partial charge in [-0.05, 0) is 255 Å². The number of anilines is 5. The summed E-state index contributed by atoms with van der Waals surface area (Å²) in [5.74, 6) is 2.46. The summed E-state index contributed by atoms with van der Waals surface area (Å²) in [6.45, 7) is 48.2. The lowest BCUT2D eigenvalue weighted by atomic mass is 9.83. The van der Waals surface area contributed by atoms with E-state index in [-0.39, 0.29) is 39.9 Å². The summed E-state index contributed by atoms with van der Waals surface area (Å²) in [5, 5.41) is 21.5. The lowest BCUT2D eigenvalue weighted by Gasteiger charge is -2.44. The van der Waals surface area contributed by atoms with Crippen molar-refractivity contribution in [2.24, 2.45) is 0 Å². The number of pyridine rings is 3. The van der Waals surface area contributed by atoms with E-state index < -0.39 is 33.2 Å². The fourth-order valence-corrected chi connectivity index (χ4v) is 17.1. The van der Waals surface area contributed by atoms with Gasteiger partial charge in [0.05, 0.1) is 28.3 Å². The van der Waals surface area contributed by atoms with Crippen LogP contribution in [-0.2, 0) is 81.5 Å². The molecule has 31 nitrogen and oxygen atoms in total. The summed E-state index contributed by atoms with van der Waals surface area (Å²) < 4.78 is 21.2. The number of carbonyl (C=O) groups excluding carboxylic acids is 2. The van der Waals surface area contributed by atoms with Crippen molar-refractivity contribution in [3.8, 4) is 23.5 Å². The van der Waals surface area contributed by atoms with Crippen LogP contribution in [0.5, 0.6) is 0 Å². The van der Waals surface area contributed by atoms with Gasteiger partial charge >= 0.3 is 12.2 Å². The van der Waals surface area contributed by atoms with Crippen LogP contribution in [0.1, 0.15) is 193 Å². The normalized spacial score (nSPS) is 16.8. The third kappa shape index (κ3) is 16.4. The number of rotatable bonds is 14. The van der Waals surface area contributed by atoms with Gasteiger partial charge in [-0.3, -0.25) is 24.2 Å². The molecule has 5 N–H and O–H groups in total. The van der Waals surface area contributed by atoms with E-state index in [1.54, 1.807) is 56.5 Å². The maximum Gasteiger partial charge on any atom is 0.411 e. The first-order valence-electron chi connectivity index (χ1n) is 42.0. The van der Waals surface area contributed by atoms with Crippen LogP contribution in [0, 0.1) is 24.5 Å². The van der Waals surface area contributed by atoms with E-state index >= 15 is 0 Å². The molecule has 3 aliphatic carbocycles. The largest absolute Gasteiger partial charge is 0.444 e. The lowest BCUT2D eigenvalue weighted by molar-refractivity contribution is -0.00147. The van der Waals surface area contributed by atoms with E-state index in [0.29, 0.717) is 112 Å². The molecule has 0 atom stereocenters. The number of ether oxygens (including phenoxy) is 2. The number of nitrogens with zero attached hydrogens (tertiary/aromatic N) is 20. The van der Waals surface area contributed by atoms with Crippen molar-refractivity contribution in [3.05, 3.63) is 232 Å². The highest BCUT2D eigenvalue weighted by Crippen LogP contribution is 2.51. The van der Waals surface area contributed by atoms with Gasteiger partial charge in [0.15, 0.2) is 39.6 Å². The molecule has 0 unspecified atom stereocenters. The van der Waals surface area contributed by atoms with Crippen LogP contribution in [0.2, 0.25) is 0 Å².